The largest absolute Gasteiger partial charge is 0.363 e. The van der Waals surface area contributed by atoms with E-state index in [0.29, 0.717) is 30.2 Å². The Morgan fingerprint density at radius 3 is 2.59 bits per heavy atom. The highest BCUT2D eigenvalue weighted by molar-refractivity contribution is 6.28. The van der Waals surface area contributed by atoms with Crippen molar-refractivity contribution in [2.24, 2.45) is 5.41 Å². The quantitative estimate of drug-likeness (QED) is 0.679. The first-order valence-corrected chi connectivity index (χ1v) is 10.3. The summed E-state index contributed by atoms with van der Waals surface area (Å²) < 4.78 is 40.7. The highest BCUT2D eigenvalue weighted by atomic mass is 35.5. The van der Waals surface area contributed by atoms with Crippen LogP contribution < -0.4 is 5.32 Å². The van der Waals surface area contributed by atoms with E-state index in [2.05, 4.69) is 21.4 Å². The molecular weight excluding hydrogens is 445 g/mol. The van der Waals surface area contributed by atoms with Gasteiger partial charge in [0.2, 0.25) is 11.2 Å². The van der Waals surface area contributed by atoms with E-state index in [4.69, 9.17) is 11.6 Å². The molecule has 0 saturated carbocycles. The zero-order valence-corrected chi connectivity index (χ0v) is 18.1. The number of anilines is 1. The van der Waals surface area contributed by atoms with Gasteiger partial charge in [0, 0.05) is 24.2 Å². The first-order chi connectivity index (χ1) is 15.1. The molecule has 0 bridgehead atoms. The zero-order valence-electron chi connectivity index (χ0n) is 17.4. The molecule has 1 aromatic carbocycles. The molecule has 0 spiro atoms. The highest BCUT2D eigenvalue weighted by Crippen LogP contribution is 2.37. The van der Waals surface area contributed by atoms with Crippen LogP contribution in [-0.2, 0) is 17.9 Å². The van der Waals surface area contributed by atoms with Gasteiger partial charge in [-0.1, -0.05) is 18.2 Å². The number of nitrogens with zero attached hydrogens (tertiary/aromatic N) is 5. The molecule has 0 aliphatic carbocycles. The number of alkyl halides is 2. The average molecular weight is 465 g/mol. The summed E-state index contributed by atoms with van der Waals surface area (Å²) in [6.07, 6.45) is -2.93. The van der Waals surface area contributed by atoms with Crippen LogP contribution in [0.4, 0.5) is 19.0 Å². The van der Waals surface area contributed by atoms with Crippen molar-refractivity contribution in [1.29, 1.82) is 5.26 Å². The van der Waals surface area contributed by atoms with Crippen LogP contribution in [0.2, 0.25) is 5.28 Å². The van der Waals surface area contributed by atoms with Crippen molar-refractivity contribution in [3.05, 3.63) is 51.7 Å². The van der Waals surface area contributed by atoms with Gasteiger partial charge in [0.25, 0.3) is 6.43 Å². The van der Waals surface area contributed by atoms with Crippen LogP contribution in [0.1, 0.15) is 41.8 Å². The number of amides is 1. The van der Waals surface area contributed by atoms with E-state index in [1.54, 1.807) is 6.92 Å². The van der Waals surface area contributed by atoms with Crippen LogP contribution in [0.3, 0.4) is 0 Å². The number of benzene rings is 1. The van der Waals surface area contributed by atoms with Crippen LogP contribution in [-0.4, -0.2) is 45.8 Å². The van der Waals surface area contributed by atoms with Crippen molar-refractivity contribution in [3.63, 3.8) is 0 Å². The molecule has 11 heteroatoms. The summed E-state index contributed by atoms with van der Waals surface area (Å²) in [7, 11) is 1.83. The maximum Gasteiger partial charge on any atom is 0.266 e. The number of carbonyl (C=O) groups is 1. The molecule has 32 heavy (non-hydrogen) atoms. The number of nitrogens with one attached hydrogen (secondary N) is 1. The van der Waals surface area contributed by atoms with Crippen molar-refractivity contribution >= 4 is 23.3 Å². The normalized spacial score (nSPS) is 18.1. The van der Waals surface area contributed by atoms with Crippen molar-refractivity contribution < 1.29 is 18.0 Å². The fraction of sp³-hybridized carbons (Fsp3) is 0.429. The van der Waals surface area contributed by atoms with Gasteiger partial charge >= 0.3 is 0 Å². The third-order valence-electron chi connectivity index (χ3n) is 5.86. The third kappa shape index (κ3) is 3.76. The number of aromatic nitrogens is 2. The Morgan fingerprint density at radius 2 is 1.97 bits per heavy atom. The van der Waals surface area contributed by atoms with Gasteiger partial charge in [0.15, 0.2) is 5.41 Å². The monoisotopic (exact) mass is 464 g/mol. The Labute approximate surface area is 187 Å². The molecule has 3 heterocycles. The van der Waals surface area contributed by atoms with Gasteiger partial charge < -0.3 is 15.1 Å². The smallest absolute Gasteiger partial charge is 0.266 e. The second-order valence-corrected chi connectivity index (χ2v) is 8.55. The van der Waals surface area contributed by atoms with E-state index in [1.807, 2.05) is 11.9 Å². The van der Waals surface area contributed by atoms with Gasteiger partial charge in [-0.2, -0.15) is 5.26 Å². The number of likely N-dealkylation sites (tertiary alicyclic amines) is 1. The third-order valence-corrected chi connectivity index (χ3v) is 6.03. The summed E-state index contributed by atoms with van der Waals surface area (Å²) in [5.41, 5.74) is -0.589. The van der Waals surface area contributed by atoms with E-state index in [0.717, 1.165) is 6.07 Å². The Balaban J connectivity index is 1.59. The first kappa shape index (κ1) is 22.3. The summed E-state index contributed by atoms with van der Waals surface area (Å²) in [4.78, 5) is 24.8. The molecule has 1 saturated heterocycles. The van der Waals surface area contributed by atoms with E-state index in [1.165, 1.54) is 17.0 Å². The Bertz CT molecular complexity index is 1120. The molecular formula is C21H20ClF3N6O. The van der Waals surface area contributed by atoms with Gasteiger partial charge in [0.1, 0.15) is 11.6 Å². The highest BCUT2D eigenvalue weighted by Gasteiger charge is 2.51. The van der Waals surface area contributed by atoms with Crippen LogP contribution in [0, 0.1) is 22.6 Å². The summed E-state index contributed by atoms with van der Waals surface area (Å²) in [5.74, 6) is -0.982. The van der Waals surface area contributed by atoms with Gasteiger partial charge in [-0.05, 0) is 25.6 Å². The minimum atomic E-state index is -2.93. The summed E-state index contributed by atoms with van der Waals surface area (Å²) in [6.45, 7) is 2.64. The fourth-order valence-corrected chi connectivity index (χ4v) is 4.46. The Morgan fingerprint density at radius 1 is 1.28 bits per heavy atom. The first-order valence-electron chi connectivity index (χ1n) is 9.92. The molecule has 0 radical (unpaired) electrons. The molecule has 4 rings (SSSR count). The lowest BCUT2D eigenvalue weighted by molar-refractivity contribution is -0.147. The number of nitriles is 1. The van der Waals surface area contributed by atoms with Gasteiger partial charge in [-0.25, -0.2) is 23.1 Å². The van der Waals surface area contributed by atoms with Crippen LogP contribution in [0.15, 0.2) is 18.2 Å². The maximum atomic E-state index is 14.6. The molecule has 1 amide bonds. The zero-order chi connectivity index (χ0) is 23.2. The molecule has 2 aliphatic rings. The van der Waals surface area contributed by atoms with Crippen molar-refractivity contribution in [2.45, 2.75) is 32.5 Å². The SMILES string of the molecule is C[C@@H](Nc1nc(Cl)nc2c1CN(C(=O)C1(C#N)CN(C)C1)C2)c1cccc(C(F)F)c1F. The molecule has 0 unspecified atom stereocenters. The lowest BCUT2D eigenvalue weighted by Crippen LogP contribution is -2.61. The lowest BCUT2D eigenvalue weighted by Gasteiger charge is -2.43. The lowest BCUT2D eigenvalue weighted by atomic mass is 9.80. The second kappa shape index (κ2) is 8.22. The summed E-state index contributed by atoms with van der Waals surface area (Å²) in [6, 6.07) is 5.26. The van der Waals surface area contributed by atoms with Crippen LogP contribution in [0.25, 0.3) is 0 Å². The van der Waals surface area contributed by atoms with Gasteiger partial charge in [-0.15, -0.1) is 0 Å². The van der Waals surface area contributed by atoms with E-state index in [-0.39, 0.29) is 29.8 Å². The van der Waals surface area contributed by atoms with Crippen LogP contribution >= 0.6 is 11.6 Å². The van der Waals surface area contributed by atoms with Gasteiger partial charge in [-0.3, -0.25) is 4.79 Å². The van der Waals surface area contributed by atoms with E-state index < -0.39 is 29.3 Å². The standard InChI is InChI=1S/C21H20ClF3N6O/c1-11(12-4-3-5-13(16(12)23)17(24)25)27-18-14-6-31(7-15(14)28-20(22)29-18)19(32)21(8-26)9-30(2)10-21/h3-5,11,17H,6-7,9-10H2,1-2H3,(H,27,28,29)/t11-/m1/s1. The van der Waals surface area contributed by atoms with Gasteiger partial charge in [0.05, 0.1) is 36.5 Å². The van der Waals surface area contributed by atoms with E-state index >= 15 is 0 Å². The van der Waals surface area contributed by atoms with Crippen molar-refractivity contribution in [1.82, 2.24) is 19.8 Å². The number of carbonyl (C=O) groups excluding carboxylic acids is 1. The predicted octanol–water partition coefficient (Wildman–Crippen LogP) is 3.68. The molecule has 2 aromatic rings. The molecule has 2 aliphatic heterocycles. The number of hydrogen-bond acceptors (Lipinski definition) is 6. The number of rotatable bonds is 5. The topological polar surface area (TPSA) is 85.1 Å². The second-order valence-electron chi connectivity index (χ2n) is 8.21. The maximum absolute atomic E-state index is 14.6. The minimum Gasteiger partial charge on any atom is -0.363 e. The van der Waals surface area contributed by atoms with Crippen LogP contribution in [0.5, 0.6) is 0 Å². The molecule has 168 valence electrons. The molecule has 7 nitrogen and oxygen atoms in total. The summed E-state index contributed by atoms with van der Waals surface area (Å²) >= 11 is 6.06. The number of halogens is 4. The predicted molar refractivity (Wildman–Crippen MR) is 110 cm³/mol. The summed E-state index contributed by atoms with van der Waals surface area (Å²) in [5, 5.41) is 12.5. The van der Waals surface area contributed by atoms with Crippen molar-refractivity contribution in [3.8, 4) is 6.07 Å². The number of hydrogen-bond donors (Lipinski definition) is 1. The Hall–Kier alpha value is -2.90. The molecule has 1 aromatic heterocycles. The van der Waals surface area contributed by atoms with Crippen molar-refractivity contribution in [2.75, 3.05) is 25.5 Å². The number of fused-ring (bicyclic) bond motifs is 1. The molecule has 1 N–H and O–H groups in total. The minimum absolute atomic E-state index is 0.0538. The average Bonchev–Trinajstić information content (AvgIpc) is 3.14. The van der Waals surface area contributed by atoms with E-state index in [9.17, 15) is 23.2 Å². The Kier molecular flexibility index (Phi) is 5.73. The molecule has 1 atom stereocenters. The fourth-order valence-electron chi connectivity index (χ4n) is 4.27. The molecule has 1 fully saturated rings.